The van der Waals surface area contributed by atoms with Crippen molar-refractivity contribution in [1.29, 1.82) is 0 Å². The zero-order valence-corrected chi connectivity index (χ0v) is 11.0. The smallest absolute Gasteiger partial charge is 0.296 e. The molecule has 0 aliphatic carbocycles. The minimum absolute atomic E-state index is 0.136. The van der Waals surface area contributed by atoms with Crippen LogP contribution < -0.4 is 5.76 Å². The molecule has 0 spiro atoms. The van der Waals surface area contributed by atoms with Crippen molar-refractivity contribution < 1.29 is 4.52 Å². The summed E-state index contributed by atoms with van der Waals surface area (Å²) in [6.07, 6.45) is 0. The first-order valence-electron chi connectivity index (χ1n) is 6.41. The van der Waals surface area contributed by atoms with E-state index in [1.807, 2.05) is 61.5 Å². The molecule has 100 valence electrons. The average Bonchev–Trinajstić information content (AvgIpc) is 2.89. The van der Waals surface area contributed by atoms with Gasteiger partial charge in [-0.05, 0) is 18.1 Å². The lowest BCUT2D eigenvalue weighted by Crippen LogP contribution is -2.07. The van der Waals surface area contributed by atoms with E-state index >= 15 is 0 Å². The lowest BCUT2D eigenvalue weighted by Gasteiger charge is -2.14. The quantitative estimate of drug-likeness (QED) is 0.793. The third-order valence-electron chi connectivity index (χ3n) is 3.27. The fourth-order valence-corrected chi connectivity index (χ4v) is 2.28. The topological polar surface area (TPSA) is 58.9 Å². The summed E-state index contributed by atoms with van der Waals surface area (Å²) in [7, 11) is 0. The van der Waals surface area contributed by atoms with Crippen molar-refractivity contribution >= 4 is 0 Å². The Morgan fingerprint density at radius 2 is 1.65 bits per heavy atom. The number of hydrogen-bond donors (Lipinski definition) is 1. The van der Waals surface area contributed by atoms with Crippen LogP contribution in [0.1, 0.15) is 28.4 Å². The average molecular weight is 266 g/mol. The molecule has 0 fully saturated rings. The van der Waals surface area contributed by atoms with Crippen molar-refractivity contribution in [2.75, 3.05) is 0 Å². The van der Waals surface area contributed by atoms with Gasteiger partial charge in [0.1, 0.15) is 0 Å². The molecule has 0 saturated heterocycles. The van der Waals surface area contributed by atoms with Gasteiger partial charge in [-0.15, -0.1) is 0 Å². The van der Waals surface area contributed by atoms with Crippen LogP contribution in [0.15, 0.2) is 63.9 Å². The van der Waals surface area contributed by atoms with Crippen LogP contribution in [-0.4, -0.2) is 10.1 Å². The molecule has 1 heterocycles. The molecule has 3 aromatic rings. The molecule has 2 aromatic carbocycles. The van der Waals surface area contributed by atoms with Crippen LogP contribution in [0.4, 0.5) is 0 Å². The van der Waals surface area contributed by atoms with E-state index in [-0.39, 0.29) is 5.92 Å². The van der Waals surface area contributed by atoms with Gasteiger partial charge in [-0.1, -0.05) is 65.3 Å². The normalized spacial score (nSPS) is 12.2. The van der Waals surface area contributed by atoms with Gasteiger partial charge in [0, 0.05) is 0 Å². The Morgan fingerprint density at radius 3 is 2.25 bits per heavy atom. The Balaban J connectivity index is 2.13. The number of nitrogens with zero attached hydrogens (tertiary/aromatic N) is 1. The third-order valence-corrected chi connectivity index (χ3v) is 3.27. The highest BCUT2D eigenvalue weighted by atomic mass is 16.5. The second-order valence-corrected chi connectivity index (χ2v) is 4.73. The van der Waals surface area contributed by atoms with E-state index < -0.39 is 5.76 Å². The summed E-state index contributed by atoms with van der Waals surface area (Å²) in [5.41, 5.74) is 3.31. The molecule has 0 radical (unpaired) electrons. The van der Waals surface area contributed by atoms with E-state index in [9.17, 15) is 4.79 Å². The van der Waals surface area contributed by atoms with Crippen LogP contribution in [0.3, 0.4) is 0 Å². The summed E-state index contributed by atoms with van der Waals surface area (Å²) in [5.74, 6) is -0.152. The van der Waals surface area contributed by atoms with Crippen molar-refractivity contribution in [2.45, 2.75) is 12.8 Å². The van der Waals surface area contributed by atoms with Crippen LogP contribution in [0.2, 0.25) is 0 Å². The highest BCUT2D eigenvalue weighted by Crippen LogP contribution is 2.29. The van der Waals surface area contributed by atoms with E-state index in [1.54, 1.807) is 0 Å². The third kappa shape index (κ3) is 2.40. The molecule has 0 saturated carbocycles. The maximum Gasteiger partial charge on any atom is 0.438 e. The predicted octanol–water partition coefficient (Wildman–Crippen LogP) is 2.85. The SMILES string of the molecule is Cc1ccc(C(c2ccccc2)c2noc(=O)[nH]2)cc1. The first kappa shape index (κ1) is 12.4. The van der Waals surface area contributed by atoms with Gasteiger partial charge in [0.15, 0.2) is 5.82 Å². The van der Waals surface area contributed by atoms with Crippen LogP contribution in [0.25, 0.3) is 0 Å². The summed E-state index contributed by atoms with van der Waals surface area (Å²) in [6, 6.07) is 18.1. The summed E-state index contributed by atoms with van der Waals surface area (Å²) in [6.45, 7) is 2.04. The Bertz CT molecular complexity index is 742. The van der Waals surface area contributed by atoms with Crippen LogP contribution in [0, 0.1) is 6.92 Å². The molecule has 4 heteroatoms. The number of aromatic amines is 1. The Kier molecular flexibility index (Phi) is 3.21. The molecule has 20 heavy (non-hydrogen) atoms. The molecule has 0 bridgehead atoms. The second-order valence-electron chi connectivity index (χ2n) is 4.73. The zero-order chi connectivity index (χ0) is 13.9. The minimum Gasteiger partial charge on any atom is -0.296 e. The molecule has 1 unspecified atom stereocenters. The van der Waals surface area contributed by atoms with E-state index in [1.165, 1.54) is 5.56 Å². The molecule has 0 aliphatic heterocycles. The highest BCUT2D eigenvalue weighted by molar-refractivity contribution is 5.38. The minimum atomic E-state index is -0.534. The first-order chi connectivity index (χ1) is 9.74. The summed E-state index contributed by atoms with van der Waals surface area (Å²) >= 11 is 0. The van der Waals surface area contributed by atoms with Crippen LogP contribution >= 0.6 is 0 Å². The molecular weight excluding hydrogens is 252 g/mol. The van der Waals surface area contributed by atoms with Gasteiger partial charge in [-0.2, -0.15) is 0 Å². The number of H-pyrrole nitrogens is 1. The molecule has 0 aliphatic rings. The van der Waals surface area contributed by atoms with E-state index in [0.717, 1.165) is 11.1 Å². The van der Waals surface area contributed by atoms with Crippen LogP contribution in [-0.2, 0) is 0 Å². The highest BCUT2D eigenvalue weighted by Gasteiger charge is 2.20. The van der Waals surface area contributed by atoms with Gasteiger partial charge in [0.25, 0.3) is 0 Å². The maximum atomic E-state index is 11.2. The van der Waals surface area contributed by atoms with Gasteiger partial charge < -0.3 is 0 Å². The molecule has 1 N–H and O–H groups in total. The standard InChI is InChI=1S/C16H14N2O2/c1-11-7-9-13(10-8-11)14(12-5-3-2-4-6-12)15-17-16(19)20-18-15/h2-10,14H,1H3,(H,17,18,19). The zero-order valence-electron chi connectivity index (χ0n) is 11.0. The Hall–Kier alpha value is -2.62. The van der Waals surface area contributed by atoms with Crippen LogP contribution in [0.5, 0.6) is 0 Å². The molecule has 3 rings (SSSR count). The van der Waals surface area contributed by atoms with Crippen molar-refractivity contribution in [2.24, 2.45) is 0 Å². The van der Waals surface area contributed by atoms with Crippen molar-refractivity contribution in [3.8, 4) is 0 Å². The van der Waals surface area contributed by atoms with Crippen molar-refractivity contribution in [3.05, 3.63) is 87.7 Å². The van der Waals surface area contributed by atoms with E-state index in [4.69, 9.17) is 0 Å². The van der Waals surface area contributed by atoms with Gasteiger partial charge >= 0.3 is 5.76 Å². The molecule has 0 amide bonds. The molecule has 1 atom stereocenters. The molecule has 1 aromatic heterocycles. The van der Waals surface area contributed by atoms with Crippen molar-refractivity contribution in [1.82, 2.24) is 10.1 Å². The predicted molar refractivity (Wildman–Crippen MR) is 75.7 cm³/mol. The first-order valence-corrected chi connectivity index (χ1v) is 6.41. The number of hydrogen-bond acceptors (Lipinski definition) is 3. The molecule has 4 nitrogen and oxygen atoms in total. The Labute approximate surface area is 116 Å². The Morgan fingerprint density at radius 1 is 1.00 bits per heavy atom. The second kappa shape index (κ2) is 5.17. The summed E-state index contributed by atoms with van der Waals surface area (Å²) in [4.78, 5) is 13.9. The largest absolute Gasteiger partial charge is 0.438 e. The number of benzene rings is 2. The van der Waals surface area contributed by atoms with Gasteiger partial charge in [0.05, 0.1) is 5.92 Å². The monoisotopic (exact) mass is 266 g/mol. The van der Waals surface area contributed by atoms with E-state index in [2.05, 4.69) is 14.7 Å². The number of aromatic nitrogens is 2. The molecular formula is C16H14N2O2. The van der Waals surface area contributed by atoms with Gasteiger partial charge in [-0.25, -0.2) is 4.79 Å². The number of aryl methyl sites for hydroxylation is 1. The lowest BCUT2D eigenvalue weighted by atomic mass is 9.90. The number of nitrogens with one attached hydrogen (secondary N) is 1. The van der Waals surface area contributed by atoms with Crippen molar-refractivity contribution in [3.63, 3.8) is 0 Å². The van der Waals surface area contributed by atoms with E-state index in [0.29, 0.717) is 5.82 Å². The summed E-state index contributed by atoms with van der Waals surface area (Å²) in [5, 5.41) is 3.85. The van der Waals surface area contributed by atoms with Gasteiger partial charge in [0.2, 0.25) is 0 Å². The summed E-state index contributed by atoms with van der Waals surface area (Å²) < 4.78 is 4.65. The fraction of sp³-hybridized carbons (Fsp3) is 0.125. The lowest BCUT2D eigenvalue weighted by molar-refractivity contribution is 0.380. The van der Waals surface area contributed by atoms with Gasteiger partial charge in [-0.3, -0.25) is 9.51 Å². The number of rotatable bonds is 3. The maximum absolute atomic E-state index is 11.2. The fourth-order valence-electron chi connectivity index (χ4n) is 2.28.